The molecule has 3 rings (SSSR count). The van der Waals surface area contributed by atoms with Crippen molar-refractivity contribution in [3.05, 3.63) is 90.0 Å². The molecule has 0 spiro atoms. The van der Waals surface area contributed by atoms with E-state index in [4.69, 9.17) is 9.47 Å². The molecule has 8 heteroatoms. The van der Waals surface area contributed by atoms with Crippen molar-refractivity contribution < 1.29 is 23.9 Å². The fraction of sp³-hybridized carbons (Fsp3) is 0.148. The van der Waals surface area contributed by atoms with E-state index >= 15 is 0 Å². The van der Waals surface area contributed by atoms with Gasteiger partial charge in [0.25, 0.3) is 5.91 Å². The fourth-order valence-corrected chi connectivity index (χ4v) is 3.14. The number of rotatable bonds is 9. The molecule has 0 bridgehead atoms. The number of carbonyl (C=O) groups is 3. The summed E-state index contributed by atoms with van der Waals surface area (Å²) in [5.41, 5.74) is 1.98. The van der Waals surface area contributed by atoms with E-state index in [0.717, 1.165) is 5.56 Å². The third kappa shape index (κ3) is 7.20. The number of nitrogens with one attached hydrogen (secondary N) is 3. The first-order chi connectivity index (χ1) is 16.9. The second kappa shape index (κ2) is 12.0. The first kappa shape index (κ1) is 25.0. The van der Waals surface area contributed by atoms with Gasteiger partial charge in [-0.1, -0.05) is 30.3 Å². The quantitative estimate of drug-likeness (QED) is 0.406. The maximum atomic E-state index is 12.8. The molecule has 0 saturated carbocycles. The summed E-state index contributed by atoms with van der Waals surface area (Å²) in [7, 11) is 3.12. The van der Waals surface area contributed by atoms with Crippen LogP contribution in [0.15, 0.2) is 78.9 Å². The van der Waals surface area contributed by atoms with E-state index < -0.39 is 23.8 Å². The maximum absolute atomic E-state index is 12.8. The van der Waals surface area contributed by atoms with Crippen molar-refractivity contribution in [2.24, 2.45) is 0 Å². The summed E-state index contributed by atoms with van der Waals surface area (Å²) in [6.07, 6.45) is 2.98. The van der Waals surface area contributed by atoms with Crippen LogP contribution in [0, 0.1) is 0 Å². The van der Waals surface area contributed by atoms with Crippen LogP contribution in [-0.2, 0) is 9.59 Å². The Balaban J connectivity index is 1.61. The van der Waals surface area contributed by atoms with Gasteiger partial charge in [0.2, 0.25) is 11.8 Å². The second-order valence-corrected chi connectivity index (χ2v) is 7.56. The number of ether oxygens (including phenoxy) is 2. The highest BCUT2D eigenvalue weighted by Gasteiger charge is 2.18. The van der Waals surface area contributed by atoms with Gasteiger partial charge in [-0.2, -0.15) is 0 Å². The van der Waals surface area contributed by atoms with Gasteiger partial charge in [0, 0.05) is 17.8 Å². The van der Waals surface area contributed by atoms with Crippen molar-refractivity contribution in [3.8, 4) is 11.5 Å². The highest BCUT2D eigenvalue weighted by molar-refractivity contribution is 6.11. The molecular formula is C27H27N3O5. The van der Waals surface area contributed by atoms with E-state index in [1.165, 1.54) is 6.08 Å². The molecule has 1 unspecified atom stereocenters. The first-order valence-corrected chi connectivity index (χ1v) is 10.9. The van der Waals surface area contributed by atoms with Gasteiger partial charge in [0.1, 0.15) is 17.5 Å². The molecule has 35 heavy (non-hydrogen) atoms. The lowest BCUT2D eigenvalue weighted by Gasteiger charge is -2.15. The second-order valence-electron chi connectivity index (χ2n) is 7.56. The maximum Gasteiger partial charge on any atom is 0.257 e. The molecule has 0 heterocycles. The lowest BCUT2D eigenvalue weighted by molar-refractivity contribution is -0.123. The predicted molar refractivity (Wildman–Crippen MR) is 136 cm³/mol. The molecule has 0 aliphatic carbocycles. The van der Waals surface area contributed by atoms with Crippen molar-refractivity contribution in [1.82, 2.24) is 5.32 Å². The van der Waals surface area contributed by atoms with E-state index in [2.05, 4.69) is 16.0 Å². The van der Waals surface area contributed by atoms with Crippen molar-refractivity contribution >= 4 is 35.2 Å². The van der Waals surface area contributed by atoms with E-state index in [-0.39, 0.29) is 5.56 Å². The minimum absolute atomic E-state index is 0.279. The number of benzene rings is 3. The van der Waals surface area contributed by atoms with Crippen LogP contribution < -0.4 is 25.4 Å². The smallest absolute Gasteiger partial charge is 0.257 e. The Labute approximate surface area is 204 Å². The average molecular weight is 474 g/mol. The molecule has 3 aromatic carbocycles. The molecule has 3 amide bonds. The van der Waals surface area contributed by atoms with Gasteiger partial charge in [0.15, 0.2) is 0 Å². The van der Waals surface area contributed by atoms with Crippen LogP contribution in [0.25, 0.3) is 6.08 Å². The van der Waals surface area contributed by atoms with Crippen molar-refractivity contribution in [2.75, 3.05) is 24.9 Å². The Morgan fingerprint density at radius 2 is 1.54 bits per heavy atom. The van der Waals surface area contributed by atoms with Crippen LogP contribution in [0.5, 0.6) is 11.5 Å². The van der Waals surface area contributed by atoms with Gasteiger partial charge in [0.05, 0.1) is 25.5 Å². The summed E-state index contributed by atoms with van der Waals surface area (Å²) >= 11 is 0. The van der Waals surface area contributed by atoms with Gasteiger partial charge in [-0.3, -0.25) is 14.4 Å². The summed E-state index contributed by atoms with van der Waals surface area (Å²) in [4.78, 5) is 37.8. The topological polar surface area (TPSA) is 106 Å². The molecule has 3 aromatic rings. The predicted octanol–water partition coefficient (Wildman–Crippen LogP) is 4.11. The highest BCUT2D eigenvalue weighted by Crippen LogP contribution is 2.20. The molecule has 1 atom stereocenters. The minimum atomic E-state index is -0.836. The Morgan fingerprint density at radius 1 is 0.829 bits per heavy atom. The third-order valence-electron chi connectivity index (χ3n) is 5.05. The normalized spacial score (nSPS) is 11.4. The molecular weight excluding hydrogens is 446 g/mol. The first-order valence-electron chi connectivity index (χ1n) is 10.9. The molecule has 0 saturated heterocycles. The summed E-state index contributed by atoms with van der Waals surface area (Å²) in [5, 5.41) is 8.12. The van der Waals surface area contributed by atoms with Crippen LogP contribution in [0.4, 0.5) is 11.4 Å². The average Bonchev–Trinajstić information content (AvgIpc) is 2.88. The zero-order valence-electron chi connectivity index (χ0n) is 19.7. The molecule has 0 fully saturated rings. The van der Waals surface area contributed by atoms with Crippen LogP contribution >= 0.6 is 0 Å². The van der Waals surface area contributed by atoms with Gasteiger partial charge < -0.3 is 25.4 Å². The van der Waals surface area contributed by atoms with E-state index in [0.29, 0.717) is 22.9 Å². The van der Waals surface area contributed by atoms with E-state index in [9.17, 15) is 14.4 Å². The number of hydrogen-bond acceptors (Lipinski definition) is 5. The number of carbonyl (C=O) groups excluding carboxylic acids is 3. The van der Waals surface area contributed by atoms with Crippen LogP contribution in [0.2, 0.25) is 0 Å². The van der Waals surface area contributed by atoms with Crippen LogP contribution in [0.1, 0.15) is 22.8 Å². The lowest BCUT2D eigenvalue weighted by atomic mass is 10.1. The van der Waals surface area contributed by atoms with Gasteiger partial charge in [-0.05, 0) is 55.0 Å². The Morgan fingerprint density at radius 3 is 2.26 bits per heavy atom. The summed E-state index contributed by atoms with van der Waals surface area (Å²) in [6, 6.07) is 19.9. The highest BCUT2D eigenvalue weighted by atomic mass is 16.5. The number of para-hydroxylation sites is 1. The fourth-order valence-electron chi connectivity index (χ4n) is 3.14. The third-order valence-corrected chi connectivity index (χ3v) is 5.05. The van der Waals surface area contributed by atoms with Gasteiger partial charge in [-0.15, -0.1) is 0 Å². The summed E-state index contributed by atoms with van der Waals surface area (Å²) in [5.74, 6) is 0.0444. The molecule has 0 aromatic heterocycles. The molecule has 8 nitrogen and oxygen atoms in total. The van der Waals surface area contributed by atoms with Gasteiger partial charge >= 0.3 is 0 Å². The Kier molecular flexibility index (Phi) is 8.61. The standard InChI is InChI=1S/C27H27N3O5/c1-18(28-25(31)16-13-19-11-14-21(34-2)15-12-19)26(32)30-24-10-5-4-9-23(24)27(33)29-20-7-6-8-22(17-20)35-3/h4-18H,1-3H3,(H,28,31)(H,29,33)(H,30,32)/b16-13+. The van der Waals surface area contributed by atoms with E-state index in [1.54, 1.807) is 87.9 Å². The zero-order chi connectivity index (χ0) is 25.2. The number of anilines is 2. The molecule has 0 aliphatic rings. The molecule has 0 radical (unpaired) electrons. The Bertz CT molecular complexity index is 1220. The summed E-state index contributed by atoms with van der Waals surface area (Å²) < 4.78 is 10.3. The van der Waals surface area contributed by atoms with Gasteiger partial charge in [-0.25, -0.2) is 0 Å². The number of methoxy groups -OCH3 is 2. The number of amides is 3. The van der Waals surface area contributed by atoms with Crippen molar-refractivity contribution in [3.63, 3.8) is 0 Å². The summed E-state index contributed by atoms with van der Waals surface area (Å²) in [6.45, 7) is 1.56. The molecule has 3 N–H and O–H groups in total. The van der Waals surface area contributed by atoms with Crippen molar-refractivity contribution in [1.29, 1.82) is 0 Å². The van der Waals surface area contributed by atoms with E-state index in [1.807, 2.05) is 12.1 Å². The SMILES string of the molecule is COc1ccc(/C=C/C(=O)NC(C)C(=O)Nc2ccccc2C(=O)Nc2cccc(OC)c2)cc1. The van der Waals surface area contributed by atoms with Crippen molar-refractivity contribution in [2.45, 2.75) is 13.0 Å². The Hall–Kier alpha value is -4.59. The lowest BCUT2D eigenvalue weighted by Crippen LogP contribution is -2.41. The molecule has 0 aliphatic heterocycles. The minimum Gasteiger partial charge on any atom is -0.497 e. The zero-order valence-corrected chi connectivity index (χ0v) is 19.7. The largest absolute Gasteiger partial charge is 0.497 e. The molecule has 180 valence electrons. The monoisotopic (exact) mass is 473 g/mol. The number of hydrogen-bond donors (Lipinski definition) is 3. The van der Waals surface area contributed by atoms with Crippen LogP contribution in [-0.4, -0.2) is 38.0 Å². The van der Waals surface area contributed by atoms with Crippen LogP contribution in [0.3, 0.4) is 0 Å².